The van der Waals surface area contributed by atoms with Crippen LogP contribution < -0.4 is 15.2 Å². The summed E-state index contributed by atoms with van der Waals surface area (Å²) < 4.78 is 35.4. The number of benzene rings is 1. The molecule has 0 saturated carbocycles. The van der Waals surface area contributed by atoms with Crippen molar-refractivity contribution in [3.8, 4) is 11.5 Å². The summed E-state index contributed by atoms with van der Waals surface area (Å²) in [7, 11) is -2.01. The number of allylic oxidation sites excluding steroid dienone is 2. The molecule has 1 heterocycles. The highest BCUT2D eigenvalue weighted by atomic mass is 32.2. The Balaban J connectivity index is 2.13. The number of hydrogen-bond donors (Lipinski definition) is 1. The fourth-order valence-corrected chi connectivity index (χ4v) is 5.06. The first-order valence-corrected chi connectivity index (χ1v) is 11.7. The van der Waals surface area contributed by atoms with E-state index in [1.807, 2.05) is 6.92 Å². The van der Waals surface area contributed by atoms with E-state index in [0.29, 0.717) is 23.7 Å². The average Bonchev–Trinajstić information content (AvgIpc) is 2.98. The van der Waals surface area contributed by atoms with E-state index in [4.69, 9.17) is 15.2 Å². The van der Waals surface area contributed by atoms with Crippen molar-refractivity contribution in [2.45, 2.75) is 19.0 Å². The fraction of sp³-hybridized carbons (Fsp3) is 0.429. The predicted molar refractivity (Wildman–Crippen MR) is 112 cm³/mol. The first-order valence-electron chi connectivity index (χ1n) is 9.63. The van der Waals surface area contributed by atoms with E-state index in [0.717, 1.165) is 6.26 Å². The maximum Gasteiger partial charge on any atom is 0.240 e. The van der Waals surface area contributed by atoms with Crippen LogP contribution in [-0.4, -0.2) is 56.9 Å². The van der Waals surface area contributed by atoms with Gasteiger partial charge < -0.3 is 20.1 Å². The summed E-state index contributed by atoms with van der Waals surface area (Å²) in [4.78, 5) is 27.0. The molecule has 4 atom stereocenters. The molecule has 1 aromatic carbocycles. The Morgan fingerprint density at radius 1 is 1.23 bits per heavy atom. The summed E-state index contributed by atoms with van der Waals surface area (Å²) in [6.07, 6.45) is 8.10. The molecule has 1 aliphatic heterocycles. The van der Waals surface area contributed by atoms with E-state index in [1.165, 1.54) is 12.0 Å². The van der Waals surface area contributed by atoms with Crippen molar-refractivity contribution in [2.75, 3.05) is 25.7 Å². The van der Waals surface area contributed by atoms with Gasteiger partial charge in [0.05, 0.1) is 31.4 Å². The molecular formula is C21H26N2O6S. The van der Waals surface area contributed by atoms with Gasteiger partial charge in [0, 0.05) is 12.2 Å². The maximum absolute atomic E-state index is 13.3. The molecule has 2 aliphatic rings. The van der Waals surface area contributed by atoms with Crippen molar-refractivity contribution >= 4 is 21.7 Å². The Morgan fingerprint density at radius 2 is 1.93 bits per heavy atom. The Kier molecular flexibility index (Phi) is 6.21. The van der Waals surface area contributed by atoms with Gasteiger partial charge in [-0.25, -0.2) is 8.42 Å². The highest BCUT2D eigenvalue weighted by molar-refractivity contribution is 7.90. The van der Waals surface area contributed by atoms with Crippen LogP contribution in [0.5, 0.6) is 11.5 Å². The second kappa shape index (κ2) is 8.51. The van der Waals surface area contributed by atoms with Crippen LogP contribution >= 0.6 is 0 Å². The Labute approximate surface area is 176 Å². The standard InChI is InChI=1S/C21H26N2O6S/c1-4-29-18-11-13(9-10-17(18)28-2)16(12-30(3,26)27)23-19(20(22)24)14-7-5-6-8-15(14)21(23)25/h5-11,14-16,19H,4,12H2,1-3H3,(H2,22,24). The molecule has 4 unspecified atom stereocenters. The first kappa shape index (κ1) is 21.9. The van der Waals surface area contributed by atoms with Crippen LogP contribution in [0, 0.1) is 11.8 Å². The second-order valence-corrected chi connectivity index (χ2v) is 9.60. The number of primary amides is 1. The molecule has 1 saturated heterocycles. The number of fused-ring (bicyclic) bond motifs is 1. The highest BCUT2D eigenvalue weighted by Gasteiger charge is 2.52. The molecular weight excluding hydrogens is 408 g/mol. The lowest BCUT2D eigenvalue weighted by atomic mass is 9.86. The number of nitrogens with two attached hydrogens (primary N) is 1. The third-order valence-electron chi connectivity index (χ3n) is 5.34. The van der Waals surface area contributed by atoms with Crippen molar-refractivity contribution in [1.82, 2.24) is 4.90 Å². The number of sulfone groups is 1. The van der Waals surface area contributed by atoms with Crippen molar-refractivity contribution in [3.63, 3.8) is 0 Å². The number of methoxy groups -OCH3 is 1. The molecule has 1 fully saturated rings. The predicted octanol–water partition coefficient (Wildman–Crippen LogP) is 1.23. The third kappa shape index (κ3) is 4.21. The lowest BCUT2D eigenvalue weighted by Crippen LogP contribution is -2.48. The van der Waals surface area contributed by atoms with Crippen molar-refractivity contribution < 1.29 is 27.5 Å². The number of carbonyl (C=O) groups excluding carboxylic acids is 2. The minimum atomic E-state index is -3.51. The Bertz CT molecular complexity index is 1000. The largest absolute Gasteiger partial charge is 0.493 e. The van der Waals surface area contributed by atoms with E-state index in [1.54, 1.807) is 42.5 Å². The van der Waals surface area contributed by atoms with Gasteiger partial charge in [-0.15, -0.1) is 0 Å². The molecule has 0 aromatic heterocycles. The molecule has 9 heteroatoms. The van der Waals surface area contributed by atoms with Crippen molar-refractivity contribution in [1.29, 1.82) is 0 Å². The summed E-state index contributed by atoms with van der Waals surface area (Å²) in [6, 6.07) is 3.13. The number of ether oxygens (including phenoxy) is 2. The second-order valence-electron chi connectivity index (χ2n) is 7.42. The van der Waals surface area contributed by atoms with Crippen LogP contribution in [0.4, 0.5) is 0 Å². The highest BCUT2D eigenvalue weighted by Crippen LogP contribution is 2.42. The summed E-state index contributed by atoms with van der Waals surface area (Å²) in [5, 5.41) is 0. The zero-order valence-corrected chi connectivity index (χ0v) is 18.0. The van der Waals surface area contributed by atoms with E-state index >= 15 is 0 Å². The van der Waals surface area contributed by atoms with Gasteiger partial charge in [-0.1, -0.05) is 30.4 Å². The van der Waals surface area contributed by atoms with E-state index < -0.39 is 39.7 Å². The van der Waals surface area contributed by atoms with E-state index in [-0.39, 0.29) is 11.7 Å². The van der Waals surface area contributed by atoms with Gasteiger partial charge in [0.2, 0.25) is 11.8 Å². The summed E-state index contributed by atoms with van der Waals surface area (Å²) in [5.41, 5.74) is 6.20. The van der Waals surface area contributed by atoms with Gasteiger partial charge in [0.1, 0.15) is 15.9 Å². The quantitative estimate of drug-likeness (QED) is 0.658. The van der Waals surface area contributed by atoms with Crippen LogP contribution in [-0.2, 0) is 19.4 Å². The molecule has 1 aliphatic carbocycles. The monoisotopic (exact) mass is 434 g/mol. The zero-order valence-electron chi connectivity index (χ0n) is 17.1. The molecule has 0 radical (unpaired) electrons. The number of carbonyl (C=O) groups is 2. The molecule has 2 N–H and O–H groups in total. The Morgan fingerprint density at radius 3 is 2.53 bits per heavy atom. The van der Waals surface area contributed by atoms with Crippen LogP contribution in [0.15, 0.2) is 42.5 Å². The van der Waals surface area contributed by atoms with Crippen LogP contribution in [0.2, 0.25) is 0 Å². The minimum absolute atomic E-state index is 0.327. The SMILES string of the molecule is CCOc1cc(C(CS(C)(=O)=O)N2C(=O)C3C=CC=CC3C2C(N)=O)ccc1OC. The van der Waals surface area contributed by atoms with E-state index in [9.17, 15) is 18.0 Å². The van der Waals surface area contributed by atoms with Gasteiger partial charge >= 0.3 is 0 Å². The van der Waals surface area contributed by atoms with Gasteiger partial charge in [0.15, 0.2) is 11.5 Å². The normalized spacial score (nSPS) is 23.9. The van der Waals surface area contributed by atoms with Gasteiger partial charge in [-0.3, -0.25) is 9.59 Å². The minimum Gasteiger partial charge on any atom is -0.493 e. The number of amides is 2. The van der Waals surface area contributed by atoms with Gasteiger partial charge in [-0.05, 0) is 24.6 Å². The molecule has 1 aromatic rings. The molecule has 30 heavy (non-hydrogen) atoms. The lowest BCUT2D eigenvalue weighted by Gasteiger charge is -2.33. The number of nitrogens with zero attached hydrogens (tertiary/aromatic N) is 1. The molecule has 2 amide bonds. The first-order chi connectivity index (χ1) is 14.2. The zero-order chi connectivity index (χ0) is 22.1. The number of hydrogen-bond acceptors (Lipinski definition) is 6. The van der Waals surface area contributed by atoms with Crippen molar-refractivity contribution in [2.24, 2.45) is 17.6 Å². The average molecular weight is 435 g/mol. The number of likely N-dealkylation sites (tertiary alicyclic amines) is 1. The van der Waals surface area contributed by atoms with Crippen molar-refractivity contribution in [3.05, 3.63) is 48.1 Å². The van der Waals surface area contributed by atoms with Gasteiger partial charge in [0.25, 0.3) is 0 Å². The van der Waals surface area contributed by atoms with Gasteiger partial charge in [-0.2, -0.15) is 0 Å². The molecule has 0 spiro atoms. The smallest absolute Gasteiger partial charge is 0.240 e. The Hall–Kier alpha value is -2.81. The topological polar surface area (TPSA) is 116 Å². The third-order valence-corrected chi connectivity index (χ3v) is 6.26. The molecule has 0 bridgehead atoms. The fourth-order valence-electron chi connectivity index (χ4n) is 4.13. The molecule has 8 nitrogen and oxygen atoms in total. The maximum atomic E-state index is 13.3. The summed E-state index contributed by atoms with van der Waals surface area (Å²) in [6.45, 7) is 2.19. The lowest BCUT2D eigenvalue weighted by molar-refractivity contribution is -0.137. The van der Waals surface area contributed by atoms with Crippen LogP contribution in [0.25, 0.3) is 0 Å². The molecule has 3 rings (SSSR count). The van der Waals surface area contributed by atoms with E-state index in [2.05, 4.69) is 0 Å². The summed E-state index contributed by atoms with van der Waals surface area (Å²) in [5.74, 6) is -1.44. The number of rotatable bonds is 8. The van der Waals surface area contributed by atoms with Crippen LogP contribution in [0.3, 0.4) is 0 Å². The molecule has 162 valence electrons. The van der Waals surface area contributed by atoms with Crippen LogP contribution in [0.1, 0.15) is 18.5 Å². The summed E-state index contributed by atoms with van der Waals surface area (Å²) >= 11 is 0.